The van der Waals surface area contributed by atoms with E-state index in [9.17, 15) is 9.59 Å². The Hall–Kier alpha value is -1.06. The number of rotatable bonds is 6. The zero-order valence-electron chi connectivity index (χ0n) is 6.46. The largest absolute Gasteiger partial charge is 0.466 e. The van der Waals surface area contributed by atoms with Crippen LogP contribution in [0.25, 0.3) is 0 Å². The van der Waals surface area contributed by atoms with Gasteiger partial charge in [-0.2, -0.15) is 0 Å². The van der Waals surface area contributed by atoms with Crippen LogP contribution in [0.1, 0.15) is 19.8 Å². The third-order valence-electron chi connectivity index (χ3n) is 1.00. The molecule has 0 atom stereocenters. The Bertz CT molecular complexity index is 122. The molecule has 0 aliphatic carbocycles. The SMILES string of the molecule is CC(=O)OCCCCO[C]=O. The Labute approximate surface area is 65.5 Å². The van der Waals surface area contributed by atoms with Crippen molar-refractivity contribution in [3.8, 4) is 0 Å². The van der Waals surface area contributed by atoms with E-state index in [2.05, 4.69) is 9.47 Å². The number of carbonyl (C=O) groups excluding carboxylic acids is 2. The highest BCUT2D eigenvalue weighted by molar-refractivity contribution is 5.65. The van der Waals surface area contributed by atoms with E-state index in [1.165, 1.54) is 13.4 Å². The average molecular weight is 159 g/mol. The predicted octanol–water partition coefficient (Wildman–Crippen LogP) is 0.413. The fourth-order valence-corrected chi connectivity index (χ4v) is 0.534. The van der Waals surface area contributed by atoms with Gasteiger partial charge in [0.25, 0.3) is 0 Å². The topological polar surface area (TPSA) is 52.6 Å². The van der Waals surface area contributed by atoms with Crippen molar-refractivity contribution in [2.75, 3.05) is 13.2 Å². The molecule has 63 valence electrons. The molecular formula is C7H11O4. The maximum atomic E-state index is 10.2. The van der Waals surface area contributed by atoms with Crippen molar-refractivity contribution in [3.05, 3.63) is 0 Å². The van der Waals surface area contributed by atoms with Gasteiger partial charge in [0.1, 0.15) is 0 Å². The first-order valence-corrected chi connectivity index (χ1v) is 3.39. The predicted molar refractivity (Wildman–Crippen MR) is 37.5 cm³/mol. The normalized spacial score (nSPS) is 8.82. The Morgan fingerprint density at radius 3 is 2.55 bits per heavy atom. The fraction of sp³-hybridized carbons (Fsp3) is 0.714. The van der Waals surface area contributed by atoms with Crippen LogP contribution in [0.4, 0.5) is 0 Å². The van der Waals surface area contributed by atoms with E-state index >= 15 is 0 Å². The first-order valence-electron chi connectivity index (χ1n) is 3.39. The van der Waals surface area contributed by atoms with Crippen molar-refractivity contribution in [2.24, 2.45) is 0 Å². The van der Waals surface area contributed by atoms with E-state index < -0.39 is 0 Å². The van der Waals surface area contributed by atoms with Crippen molar-refractivity contribution >= 4 is 12.4 Å². The molecule has 0 heterocycles. The van der Waals surface area contributed by atoms with Gasteiger partial charge < -0.3 is 9.47 Å². The van der Waals surface area contributed by atoms with Gasteiger partial charge in [-0.05, 0) is 12.8 Å². The lowest BCUT2D eigenvalue weighted by Gasteiger charge is -1.99. The van der Waals surface area contributed by atoms with Gasteiger partial charge >= 0.3 is 12.4 Å². The van der Waals surface area contributed by atoms with Gasteiger partial charge in [0.05, 0.1) is 13.2 Å². The summed E-state index contributed by atoms with van der Waals surface area (Å²) in [5.41, 5.74) is 0. The van der Waals surface area contributed by atoms with Gasteiger partial charge in [0.2, 0.25) is 0 Å². The summed E-state index contributed by atoms with van der Waals surface area (Å²) in [6, 6.07) is 0. The smallest absolute Gasteiger partial charge is 0.417 e. The number of unbranched alkanes of at least 4 members (excludes halogenated alkanes) is 1. The van der Waals surface area contributed by atoms with Crippen LogP contribution < -0.4 is 0 Å². The first kappa shape index (κ1) is 9.94. The van der Waals surface area contributed by atoms with Crippen molar-refractivity contribution < 1.29 is 19.1 Å². The Kier molecular flexibility index (Phi) is 6.37. The third-order valence-corrected chi connectivity index (χ3v) is 1.00. The molecule has 0 aliphatic rings. The van der Waals surface area contributed by atoms with Crippen LogP contribution in [0, 0.1) is 0 Å². The Balaban J connectivity index is 2.90. The fourth-order valence-electron chi connectivity index (χ4n) is 0.534. The van der Waals surface area contributed by atoms with Gasteiger partial charge in [-0.15, -0.1) is 0 Å². The van der Waals surface area contributed by atoms with Crippen LogP contribution >= 0.6 is 0 Å². The van der Waals surface area contributed by atoms with Gasteiger partial charge in [-0.1, -0.05) is 0 Å². The Morgan fingerprint density at radius 2 is 2.00 bits per heavy atom. The molecule has 0 saturated carbocycles. The minimum Gasteiger partial charge on any atom is -0.466 e. The summed E-state index contributed by atoms with van der Waals surface area (Å²) < 4.78 is 8.92. The lowest BCUT2D eigenvalue weighted by Crippen LogP contribution is -2.01. The van der Waals surface area contributed by atoms with E-state index in [4.69, 9.17) is 0 Å². The molecule has 11 heavy (non-hydrogen) atoms. The first-order chi connectivity index (χ1) is 5.27. The summed E-state index contributed by atoms with van der Waals surface area (Å²) >= 11 is 0. The van der Waals surface area contributed by atoms with Crippen molar-refractivity contribution in [1.29, 1.82) is 0 Å². The average Bonchev–Trinajstić information content (AvgIpc) is 1.96. The lowest BCUT2D eigenvalue weighted by atomic mass is 10.3. The van der Waals surface area contributed by atoms with E-state index in [1.807, 2.05) is 0 Å². The molecule has 0 unspecified atom stereocenters. The molecular weight excluding hydrogens is 148 g/mol. The van der Waals surface area contributed by atoms with E-state index in [1.54, 1.807) is 0 Å². The molecule has 1 radical (unpaired) electrons. The number of ether oxygens (including phenoxy) is 2. The van der Waals surface area contributed by atoms with Crippen molar-refractivity contribution in [2.45, 2.75) is 19.8 Å². The molecule has 0 fully saturated rings. The monoisotopic (exact) mass is 159 g/mol. The molecule has 0 aromatic rings. The quantitative estimate of drug-likeness (QED) is 0.416. The van der Waals surface area contributed by atoms with Crippen LogP contribution in [0.15, 0.2) is 0 Å². The van der Waals surface area contributed by atoms with Crippen LogP contribution in [-0.4, -0.2) is 25.7 Å². The van der Waals surface area contributed by atoms with Crippen LogP contribution in [0.5, 0.6) is 0 Å². The molecule has 0 aromatic carbocycles. The van der Waals surface area contributed by atoms with Crippen molar-refractivity contribution in [1.82, 2.24) is 0 Å². The molecule has 0 bridgehead atoms. The molecule has 4 nitrogen and oxygen atoms in total. The lowest BCUT2D eigenvalue weighted by molar-refractivity contribution is -0.141. The Morgan fingerprint density at radius 1 is 1.36 bits per heavy atom. The molecule has 0 rings (SSSR count). The highest BCUT2D eigenvalue weighted by atomic mass is 16.5. The summed E-state index contributed by atoms with van der Waals surface area (Å²) in [7, 11) is 0. The second-order valence-electron chi connectivity index (χ2n) is 1.98. The van der Waals surface area contributed by atoms with Gasteiger partial charge in [-0.25, -0.2) is 4.79 Å². The highest BCUT2D eigenvalue weighted by Gasteiger charge is 1.92. The maximum absolute atomic E-state index is 10.2. The molecule has 0 spiro atoms. The third kappa shape index (κ3) is 8.94. The molecule has 0 aliphatic heterocycles. The zero-order chi connectivity index (χ0) is 8.53. The zero-order valence-corrected chi connectivity index (χ0v) is 6.46. The van der Waals surface area contributed by atoms with Gasteiger partial charge in [0.15, 0.2) is 0 Å². The molecule has 4 heteroatoms. The van der Waals surface area contributed by atoms with Crippen LogP contribution in [0.3, 0.4) is 0 Å². The molecule has 0 N–H and O–H groups in total. The molecule has 0 saturated heterocycles. The summed E-state index contributed by atoms with van der Waals surface area (Å²) in [4.78, 5) is 19.7. The van der Waals surface area contributed by atoms with E-state index in [0.717, 1.165) is 0 Å². The van der Waals surface area contributed by atoms with E-state index in [-0.39, 0.29) is 5.97 Å². The minimum atomic E-state index is -0.284. The van der Waals surface area contributed by atoms with Gasteiger partial charge in [-0.3, -0.25) is 4.79 Å². The number of esters is 1. The molecule has 0 amide bonds. The van der Waals surface area contributed by atoms with Crippen LogP contribution in [0.2, 0.25) is 0 Å². The maximum Gasteiger partial charge on any atom is 0.417 e. The highest BCUT2D eigenvalue weighted by Crippen LogP contribution is 1.90. The summed E-state index contributed by atoms with van der Waals surface area (Å²) in [5.74, 6) is -0.284. The summed E-state index contributed by atoms with van der Waals surface area (Å²) in [6.45, 7) is 3.39. The number of carbonyl (C=O) groups is 1. The second kappa shape index (κ2) is 7.05. The minimum absolute atomic E-state index is 0.284. The van der Waals surface area contributed by atoms with Crippen LogP contribution in [-0.2, 0) is 19.1 Å². The number of hydrogen-bond donors (Lipinski definition) is 0. The second-order valence-corrected chi connectivity index (χ2v) is 1.98. The van der Waals surface area contributed by atoms with Gasteiger partial charge in [0, 0.05) is 6.92 Å². The standard InChI is InChI=1S/C7H11O4/c1-7(9)11-5-3-2-4-10-6-8/h2-5H2,1H3. The summed E-state index contributed by atoms with van der Waals surface area (Å²) in [5, 5.41) is 0. The number of hydrogen-bond acceptors (Lipinski definition) is 4. The van der Waals surface area contributed by atoms with Crippen molar-refractivity contribution in [3.63, 3.8) is 0 Å². The molecule has 0 aromatic heterocycles. The van der Waals surface area contributed by atoms with E-state index in [0.29, 0.717) is 26.1 Å². The summed E-state index contributed by atoms with van der Waals surface area (Å²) in [6.07, 6.45) is 1.41.